The fourth-order valence-electron chi connectivity index (χ4n) is 4.89. The summed E-state index contributed by atoms with van der Waals surface area (Å²) in [7, 11) is -4.20. The van der Waals surface area contributed by atoms with Gasteiger partial charge in [-0.15, -0.1) is 0 Å². The minimum Gasteiger partial charge on any atom is -0.494 e. The Labute approximate surface area is 280 Å². The highest BCUT2D eigenvalue weighted by Gasteiger charge is 2.34. The van der Waals surface area contributed by atoms with Gasteiger partial charge in [0.1, 0.15) is 18.3 Å². The minimum absolute atomic E-state index is 0.0301. The molecule has 46 heavy (non-hydrogen) atoms. The van der Waals surface area contributed by atoms with Gasteiger partial charge in [-0.25, -0.2) is 8.42 Å². The Morgan fingerprint density at radius 2 is 1.41 bits per heavy atom. The summed E-state index contributed by atoms with van der Waals surface area (Å²) >= 11 is 3.36. The van der Waals surface area contributed by atoms with Gasteiger partial charge < -0.3 is 15.0 Å². The lowest BCUT2D eigenvalue weighted by molar-refractivity contribution is -0.140. The highest BCUT2D eigenvalue weighted by atomic mass is 79.9. The zero-order chi connectivity index (χ0) is 33.1. The van der Waals surface area contributed by atoms with E-state index in [4.69, 9.17) is 4.74 Å². The number of nitrogens with one attached hydrogen (secondary N) is 1. The SMILES string of the molecule is CCOc1ccc(N(CC(=O)N(Cc2ccccc2)[C@@H](Cc2ccccc2)C(=O)NCC(C)C)S(=O)(=O)c2ccc(Br)cc2)cc1. The number of nitrogens with zero attached hydrogens (tertiary/aromatic N) is 2. The molecule has 0 saturated carbocycles. The van der Waals surface area contributed by atoms with Crippen molar-refractivity contribution >= 4 is 43.5 Å². The van der Waals surface area contributed by atoms with E-state index in [0.717, 1.165) is 19.9 Å². The number of amides is 2. The van der Waals surface area contributed by atoms with E-state index in [1.165, 1.54) is 17.0 Å². The third kappa shape index (κ3) is 9.43. The van der Waals surface area contributed by atoms with Crippen molar-refractivity contribution in [2.45, 2.75) is 44.7 Å². The summed E-state index contributed by atoms with van der Waals surface area (Å²) in [6, 6.07) is 30.8. The molecular formula is C36H40BrN3O5S. The standard InChI is InChI=1S/C36H40BrN3O5S/c1-4-45-32-19-17-31(18-20-32)40(46(43,44)33-21-15-30(37)16-22-33)26-35(41)39(25-29-13-9-6-10-14-29)34(36(42)38-24-27(2)3)23-28-11-7-5-8-12-28/h5-22,27,34H,4,23-26H2,1-3H3,(H,38,42)/t34-/m0/s1. The van der Waals surface area contributed by atoms with Crippen LogP contribution in [0.4, 0.5) is 5.69 Å². The van der Waals surface area contributed by atoms with Crippen molar-refractivity contribution < 1.29 is 22.7 Å². The molecule has 4 aromatic rings. The number of rotatable bonds is 15. The van der Waals surface area contributed by atoms with Crippen molar-refractivity contribution in [3.8, 4) is 5.75 Å². The molecule has 4 aromatic carbocycles. The number of anilines is 1. The number of sulfonamides is 1. The second-order valence-electron chi connectivity index (χ2n) is 11.2. The number of carbonyl (C=O) groups excluding carboxylic acids is 2. The molecule has 0 radical (unpaired) electrons. The van der Waals surface area contributed by atoms with Crippen LogP contribution in [-0.2, 0) is 32.6 Å². The largest absolute Gasteiger partial charge is 0.494 e. The summed E-state index contributed by atoms with van der Waals surface area (Å²) in [6.45, 7) is 6.34. The summed E-state index contributed by atoms with van der Waals surface area (Å²) < 4.78 is 35.7. The first-order valence-electron chi connectivity index (χ1n) is 15.2. The quantitative estimate of drug-likeness (QED) is 0.153. The van der Waals surface area contributed by atoms with Gasteiger partial charge in [0, 0.05) is 24.0 Å². The van der Waals surface area contributed by atoms with Gasteiger partial charge in [-0.1, -0.05) is 90.4 Å². The molecule has 0 spiro atoms. The zero-order valence-corrected chi connectivity index (χ0v) is 28.7. The van der Waals surface area contributed by atoms with E-state index in [1.807, 2.05) is 81.4 Å². The third-order valence-electron chi connectivity index (χ3n) is 7.27. The van der Waals surface area contributed by atoms with Crippen molar-refractivity contribution in [1.82, 2.24) is 10.2 Å². The topological polar surface area (TPSA) is 96.0 Å². The van der Waals surface area contributed by atoms with Crippen molar-refractivity contribution in [2.75, 3.05) is 24.0 Å². The maximum Gasteiger partial charge on any atom is 0.264 e. The first kappa shape index (κ1) is 34.7. The Morgan fingerprint density at radius 3 is 1.98 bits per heavy atom. The van der Waals surface area contributed by atoms with Crippen LogP contribution in [0, 0.1) is 5.92 Å². The van der Waals surface area contributed by atoms with Crippen LogP contribution in [0.2, 0.25) is 0 Å². The number of hydrogen-bond donors (Lipinski definition) is 1. The monoisotopic (exact) mass is 705 g/mol. The van der Waals surface area contributed by atoms with Crippen molar-refractivity contribution in [1.29, 1.82) is 0 Å². The predicted octanol–water partition coefficient (Wildman–Crippen LogP) is 6.46. The van der Waals surface area contributed by atoms with E-state index < -0.39 is 28.5 Å². The molecule has 0 unspecified atom stereocenters. The van der Waals surface area contributed by atoms with Crippen LogP contribution >= 0.6 is 15.9 Å². The van der Waals surface area contributed by atoms with E-state index in [2.05, 4.69) is 21.2 Å². The van der Waals surface area contributed by atoms with E-state index >= 15 is 0 Å². The molecule has 242 valence electrons. The smallest absolute Gasteiger partial charge is 0.264 e. The molecule has 2 amide bonds. The summed E-state index contributed by atoms with van der Waals surface area (Å²) in [4.78, 5) is 29.9. The molecule has 0 aromatic heterocycles. The number of benzene rings is 4. The lowest BCUT2D eigenvalue weighted by Crippen LogP contribution is -2.53. The van der Waals surface area contributed by atoms with Crippen LogP contribution in [0.5, 0.6) is 5.75 Å². The number of halogens is 1. The fraction of sp³-hybridized carbons (Fsp3) is 0.278. The second-order valence-corrected chi connectivity index (χ2v) is 14.0. The van der Waals surface area contributed by atoms with Crippen LogP contribution < -0.4 is 14.4 Å². The summed E-state index contributed by atoms with van der Waals surface area (Å²) in [6.07, 6.45) is 0.256. The van der Waals surface area contributed by atoms with Gasteiger partial charge in [-0.05, 0) is 72.5 Å². The average molecular weight is 707 g/mol. The predicted molar refractivity (Wildman–Crippen MR) is 185 cm³/mol. The molecule has 0 aliphatic rings. The van der Waals surface area contributed by atoms with Gasteiger partial charge in [0.25, 0.3) is 10.0 Å². The molecule has 1 N–H and O–H groups in total. The lowest BCUT2D eigenvalue weighted by atomic mass is 10.0. The Balaban J connectivity index is 1.78. The number of hydrogen-bond acceptors (Lipinski definition) is 5. The molecule has 0 saturated heterocycles. The highest BCUT2D eigenvalue weighted by Crippen LogP contribution is 2.28. The van der Waals surface area contributed by atoms with Gasteiger partial charge in [0.05, 0.1) is 17.2 Å². The van der Waals surface area contributed by atoms with Crippen LogP contribution in [0.3, 0.4) is 0 Å². The lowest BCUT2D eigenvalue weighted by Gasteiger charge is -2.34. The van der Waals surface area contributed by atoms with Gasteiger partial charge in [-0.2, -0.15) is 0 Å². The molecule has 0 aliphatic heterocycles. The third-order valence-corrected chi connectivity index (χ3v) is 9.58. The molecule has 0 bridgehead atoms. The molecule has 10 heteroatoms. The van der Waals surface area contributed by atoms with Gasteiger partial charge >= 0.3 is 0 Å². The van der Waals surface area contributed by atoms with Crippen molar-refractivity contribution in [3.05, 3.63) is 125 Å². The van der Waals surface area contributed by atoms with Crippen LogP contribution in [0.1, 0.15) is 31.9 Å². The Bertz CT molecular complexity index is 1670. The Hall–Kier alpha value is -4.15. The Morgan fingerprint density at radius 1 is 0.826 bits per heavy atom. The zero-order valence-electron chi connectivity index (χ0n) is 26.3. The molecule has 8 nitrogen and oxygen atoms in total. The normalized spacial score (nSPS) is 11.9. The fourth-order valence-corrected chi connectivity index (χ4v) is 6.57. The average Bonchev–Trinajstić information content (AvgIpc) is 3.05. The van der Waals surface area contributed by atoms with E-state index in [9.17, 15) is 18.0 Å². The molecule has 4 rings (SSSR count). The summed E-state index contributed by atoms with van der Waals surface area (Å²) in [5, 5.41) is 3.01. The minimum atomic E-state index is -4.20. The van der Waals surface area contributed by atoms with Crippen LogP contribution in [0.15, 0.2) is 119 Å². The number of ether oxygens (including phenoxy) is 1. The van der Waals surface area contributed by atoms with Crippen molar-refractivity contribution in [3.63, 3.8) is 0 Å². The summed E-state index contributed by atoms with van der Waals surface area (Å²) in [5.74, 6) is -0.0379. The maximum atomic E-state index is 14.5. The van der Waals surface area contributed by atoms with E-state index in [-0.39, 0.29) is 29.7 Å². The summed E-state index contributed by atoms with van der Waals surface area (Å²) in [5.41, 5.74) is 1.99. The van der Waals surface area contributed by atoms with Crippen molar-refractivity contribution in [2.24, 2.45) is 5.92 Å². The van der Waals surface area contributed by atoms with Crippen LogP contribution in [0.25, 0.3) is 0 Å². The highest BCUT2D eigenvalue weighted by molar-refractivity contribution is 9.10. The Kier molecular flexibility index (Phi) is 12.4. The molecule has 0 fully saturated rings. The van der Waals surface area contributed by atoms with Gasteiger partial charge in [0.15, 0.2) is 0 Å². The molecule has 0 aliphatic carbocycles. The van der Waals surface area contributed by atoms with Crippen LogP contribution in [-0.4, -0.2) is 50.9 Å². The first-order valence-corrected chi connectivity index (χ1v) is 17.5. The molecule has 1 atom stereocenters. The van der Waals surface area contributed by atoms with E-state index in [0.29, 0.717) is 24.6 Å². The number of carbonyl (C=O) groups is 2. The van der Waals surface area contributed by atoms with Gasteiger partial charge in [0.2, 0.25) is 11.8 Å². The second kappa shape index (κ2) is 16.4. The maximum absolute atomic E-state index is 14.5. The molecular weight excluding hydrogens is 666 g/mol. The molecule has 0 heterocycles. The van der Waals surface area contributed by atoms with Gasteiger partial charge in [-0.3, -0.25) is 13.9 Å². The van der Waals surface area contributed by atoms with E-state index in [1.54, 1.807) is 36.4 Å². The first-order chi connectivity index (χ1) is 22.1.